The van der Waals surface area contributed by atoms with Gasteiger partial charge < -0.3 is 10.2 Å². The lowest BCUT2D eigenvalue weighted by molar-refractivity contribution is -0.196. The molecule has 2 N–H and O–H groups in total. The number of hydrogen-bond acceptors (Lipinski definition) is 6. The molecular weight excluding hydrogens is 369 g/mol. The van der Waals surface area contributed by atoms with Crippen LogP contribution in [0.25, 0.3) is 0 Å². The fourth-order valence-electron chi connectivity index (χ4n) is 3.09. The third-order valence-electron chi connectivity index (χ3n) is 4.39. The van der Waals surface area contributed by atoms with Crippen molar-refractivity contribution in [3.8, 4) is 0 Å². The maximum Gasteiger partial charge on any atom is 0.433 e. The van der Waals surface area contributed by atoms with Gasteiger partial charge in [-0.2, -0.15) is 22.0 Å². The van der Waals surface area contributed by atoms with Gasteiger partial charge in [-0.25, -0.2) is 4.79 Å². The van der Waals surface area contributed by atoms with Crippen LogP contribution in [0, 0.1) is 17.2 Å². The number of nitrogens with one attached hydrogen (secondary N) is 2. The van der Waals surface area contributed by atoms with Crippen LogP contribution in [0.1, 0.15) is 19.3 Å². The zero-order valence-electron chi connectivity index (χ0n) is 13.0. The number of allylic oxidation sites excluding steroid dienone is 2. The Morgan fingerprint density at radius 2 is 1.85 bits per heavy atom. The predicted octanol–water partition coefficient (Wildman–Crippen LogP) is 1.30. The molecule has 2 amide bonds. The van der Waals surface area contributed by atoms with Crippen LogP contribution in [0.2, 0.25) is 0 Å². The first kappa shape index (κ1) is 18.3. The van der Waals surface area contributed by atoms with Crippen molar-refractivity contribution >= 4 is 23.5 Å². The summed E-state index contributed by atoms with van der Waals surface area (Å²) in [5.41, 5.74) is -3.89. The van der Waals surface area contributed by atoms with E-state index in [0.29, 0.717) is 0 Å². The number of carbonyl (C=O) groups is 3. The van der Waals surface area contributed by atoms with Crippen LogP contribution in [0.5, 0.6) is 0 Å². The van der Waals surface area contributed by atoms with E-state index >= 15 is 0 Å². The molecule has 0 aromatic rings. The molecule has 0 unspecified atom stereocenters. The van der Waals surface area contributed by atoms with Crippen molar-refractivity contribution < 1.29 is 41.2 Å². The lowest BCUT2D eigenvalue weighted by Crippen LogP contribution is -2.39. The van der Waals surface area contributed by atoms with Gasteiger partial charge in [-0.15, -0.1) is 5.06 Å². The summed E-state index contributed by atoms with van der Waals surface area (Å²) in [7, 11) is 0. The minimum atomic E-state index is -5.11. The van der Waals surface area contributed by atoms with Crippen molar-refractivity contribution in [1.29, 1.82) is 5.41 Å². The summed E-state index contributed by atoms with van der Waals surface area (Å²) in [5, 5.41) is 9.25. The van der Waals surface area contributed by atoms with Crippen LogP contribution in [0.15, 0.2) is 11.3 Å². The topological polar surface area (TPSA) is 99.6 Å². The number of hydrogen-bond donors (Lipinski definition) is 2. The van der Waals surface area contributed by atoms with Crippen molar-refractivity contribution in [2.45, 2.75) is 31.4 Å². The van der Waals surface area contributed by atoms with Crippen LogP contribution < -0.4 is 5.32 Å². The lowest BCUT2D eigenvalue weighted by Gasteiger charge is -2.21. The Balaban J connectivity index is 1.73. The molecule has 7 nitrogen and oxygen atoms in total. The highest BCUT2D eigenvalue weighted by atomic mass is 19.4. The number of nitrogens with zero attached hydrogens (tertiary/aromatic N) is 1. The van der Waals surface area contributed by atoms with Gasteiger partial charge in [-0.3, -0.25) is 15.0 Å². The second kappa shape index (κ2) is 5.74. The van der Waals surface area contributed by atoms with E-state index in [2.05, 4.69) is 4.84 Å². The zero-order chi connectivity index (χ0) is 19.4. The third kappa shape index (κ3) is 2.92. The number of fused-ring (bicyclic) bond motifs is 1. The second-order valence-electron chi connectivity index (χ2n) is 6.13. The minimum absolute atomic E-state index is 0.168. The zero-order valence-corrected chi connectivity index (χ0v) is 13.0. The van der Waals surface area contributed by atoms with Gasteiger partial charge in [0.1, 0.15) is 12.3 Å². The Bertz CT molecular complexity index is 729. The van der Waals surface area contributed by atoms with Crippen molar-refractivity contribution in [3.63, 3.8) is 0 Å². The number of hydroxylamine groups is 2. The molecule has 12 heteroatoms. The Kier molecular flexibility index (Phi) is 4.03. The Labute approximate surface area is 142 Å². The van der Waals surface area contributed by atoms with E-state index in [4.69, 9.17) is 5.41 Å². The summed E-state index contributed by atoms with van der Waals surface area (Å²) in [6, 6.07) is 0. The maximum atomic E-state index is 14.2. The second-order valence-corrected chi connectivity index (χ2v) is 6.13. The predicted molar refractivity (Wildman–Crippen MR) is 72.5 cm³/mol. The molecule has 2 aliphatic carbocycles. The van der Waals surface area contributed by atoms with Crippen LogP contribution >= 0.6 is 0 Å². The number of amides is 2. The molecule has 1 saturated heterocycles. The number of imide groups is 1. The Hall–Kier alpha value is -2.53. The number of halogens is 5. The highest BCUT2D eigenvalue weighted by Crippen LogP contribution is 2.62. The van der Waals surface area contributed by atoms with E-state index in [1.165, 1.54) is 0 Å². The fourth-order valence-corrected chi connectivity index (χ4v) is 3.09. The first-order valence-corrected chi connectivity index (χ1v) is 7.53. The standard InChI is InChI=1S/C14H12F5N3O4/c15-13(16)6-3-5(6)10(11(20)14(17,18)19)12(13)21-4-9(25)26-22-7(23)1-2-8(22)24/h5-6,20-21H,1-4H2/t5-,6+/m0/s1. The van der Waals surface area contributed by atoms with Crippen LogP contribution in [-0.4, -0.2) is 47.2 Å². The molecule has 1 aliphatic heterocycles. The third-order valence-corrected chi connectivity index (χ3v) is 4.39. The van der Waals surface area contributed by atoms with Gasteiger partial charge in [-0.1, -0.05) is 0 Å². The van der Waals surface area contributed by atoms with Gasteiger partial charge in [0.2, 0.25) is 0 Å². The number of carbonyl (C=O) groups excluding carboxylic acids is 3. The van der Waals surface area contributed by atoms with Gasteiger partial charge in [0.05, 0.1) is 5.70 Å². The number of rotatable bonds is 5. The first-order valence-electron chi connectivity index (χ1n) is 7.53. The fraction of sp³-hybridized carbons (Fsp3) is 0.571. The molecule has 0 spiro atoms. The molecule has 3 aliphatic rings. The van der Waals surface area contributed by atoms with Crippen molar-refractivity contribution in [3.05, 3.63) is 11.3 Å². The average Bonchev–Trinajstić information content (AvgIpc) is 3.22. The summed E-state index contributed by atoms with van der Waals surface area (Å²) in [6.45, 7) is -0.990. The van der Waals surface area contributed by atoms with E-state index in [0.717, 1.165) is 0 Å². The van der Waals surface area contributed by atoms with E-state index in [1.807, 2.05) is 5.32 Å². The molecule has 0 radical (unpaired) electrons. The molecule has 1 saturated carbocycles. The van der Waals surface area contributed by atoms with Gasteiger partial charge in [0.15, 0.2) is 0 Å². The molecule has 0 bridgehead atoms. The SMILES string of the molecule is N=C(C1=C(NCC(=O)ON2C(=O)CCC2=O)C(F)(F)[C@@H]2C[C@H]12)C(F)(F)F. The van der Waals surface area contributed by atoms with E-state index in [1.54, 1.807) is 0 Å². The molecule has 3 rings (SSSR count). The summed E-state index contributed by atoms with van der Waals surface area (Å²) in [5.74, 6) is -8.95. The van der Waals surface area contributed by atoms with Gasteiger partial charge >= 0.3 is 12.1 Å². The highest BCUT2D eigenvalue weighted by Gasteiger charge is 2.67. The first-order chi connectivity index (χ1) is 11.9. The molecule has 0 aromatic carbocycles. The maximum absolute atomic E-state index is 14.2. The normalized spacial score (nSPS) is 26.9. The van der Waals surface area contributed by atoms with Crippen LogP contribution in [0.4, 0.5) is 22.0 Å². The summed E-state index contributed by atoms with van der Waals surface area (Å²) >= 11 is 0. The molecule has 2 fully saturated rings. The summed E-state index contributed by atoms with van der Waals surface area (Å²) in [6.07, 6.45) is -5.62. The highest BCUT2D eigenvalue weighted by molar-refractivity contribution is 6.04. The minimum Gasteiger partial charge on any atom is -0.373 e. The van der Waals surface area contributed by atoms with E-state index in [-0.39, 0.29) is 24.3 Å². The van der Waals surface area contributed by atoms with Gasteiger partial charge in [0.25, 0.3) is 17.7 Å². The van der Waals surface area contributed by atoms with Crippen molar-refractivity contribution in [1.82, 2.24) is 10.4 Å². The lowest BCUT2D eigenvalue weighted by atomic mass is 10.0. The van der Waals surface area contributed by atoms with Crippen molar-refractivity contribution in [2.24, 2.45) is 11.8 Å². The molecular formula is C14H12F5N3O4. The summed E-state index contributed by atoms with van der Waals surface area (Å²) in [4.78, 5) is 38.7. The Morgan fingerprint density at radius 3 is 2.38 bits per heavy atom. The van der Waals surface area contributed by atoms with E-state index < -0.39 is 65.2 Å². The average molecular weight is 381 g/mol. The number of alkyl halides is 5. The largest absolute Gasteiger partial charge is 0.433 e. The quantitative estimate of drug-likeness (QED) is 0.425. The van der Waals surface area contributed by atoms with Crippen LogP contribution in [-0.2, 0) is 19.2 Å². The Morgan fingerprint density at radius 1 is 1.27 bits per heavy atom. The van der Waals surface area contributed by atoms with Crippen molar-refractivity contribution in [2.75, 3.05) is 6.54 Å². The molecule has 0 aromatic heterocycles. The van der Waals surface area contributed by atoms with Crippen LogP contribution in [0.3, 0.4) is 0 Å². The molecule has 1 heterocycles. The monoisotopic (exact) mass is 381 g/mol. The van der Waals surface area contributed by atoms with Gasteiger partial charge in [0, 0.05) is 24.3 Å². The smallest absolute Gasteiger partial charge is 0.373 e. The molecule has 2 atom stereocenters. The van der Waals surface area contributed by atoms with Gasteiger partial charge in [-0.05, 0) is 12.3 Å². The summed E-state index contributed by atoms with van der Waals surface area (Å²) < 4.78 is 66.6. The molecule has 26 heavy (non-hydrogen) atoms. The molecule has 142 valence electrons. The van der Waals surface area contributed by atoms with E-state index in [9.17, 15) is 36.3 Å².